The highest BCUT2D eigenvalue weighted by Crippen LogP contribution is 2.31. The van der Waals surface area contributed by atoms with E-state index in [1.807, 2.05) is 37.3 Å². The van der Waals surface area contributed by atoms with E-state index in [1.54, 1.807) is 29.7 Å². The Labute approximate surface area is 187 Å². The van der Waals surface area contributed by atoms with Crippen molar-refractivity contribution in [3.63, 3.8) is 0 Å². The van der Waals surface area contributed by atoms with Gasteiger partial charge in [-0.25, -0.2) is 5.48 Å². The Kier molecular flexibility index (Phi) is 6.99. The van der Waals surface area contributed by atoms with Gasteiger partial charge < -0.3 is 14.6 Å². The number of nitrogens with one attached hydrogen (secondary N) is 1. The molecular formula is C25H28N2O5. The molecule has 1 aliphatic rings. The van der Waals surface area contributed by atoms with Crippen LogP contribution in [0.4, 0.5) is 0 Å². The lowest BCUT2D eigenvalue weighted by Crippen LogP contribution is -2.34. The number of benzene rings is 2. The van der Waals surface area contributed by atoms with Crippen LogP contribution in [-0.4, -0.2) is 33.9 Å². The first-order valence-electron chi connectivity index (χ1n) is 10.9. The number of hydroxylamine groups is 1. The van der Waals surface area contributed by atoms with Gasteiger partial charge in [0.15, 0.2) is 0 Å². The lowest BCUT2D eigenvalue weighted by Gasteiger charge is -2.24. The highest BCUT2D eigenvalue weighted by atomic mass is 16.5. The number of aliphatic hydroxyl groups excluding tert-OH is 1. The fourth-order valence-electron chi connectivity index (χ4n) is 4.24. The smallest absolute Gasteiger partial charge is 0.249 e. The van der Waals surface area contributed by atoms with Crippen LogP contribution < -0.4 is 10.2 Å². The summed E-state index contributed by atoms with van der Waals surface area (Å²) in [5, 5.41) is 21.0. The zero-order valence-electron chi connectivity index (χ0n) is 18.0. The molecule has 1 aliphatic heterocycles. The van der Waals surface area contributed by atoms with Crippen LogP contribution in [-0.2, 0) is 16.1 Å². The summed E-state index contributed by atoms with van der Waals surface area (Å²) in [4.78, 5) is 16.7. The molecular weight excluding hydrogens is 408 g/mol. The number of aliphatic hydroxyl groups is 1. The van der Waals surface area contributed by atoms with E-state index in [1.165, 1.54) is 0 Å². The summed E-state index contributed by atoms with van der Waals surface area (Å²) in [5.74, 6) is -0.768. The zero-order chi connectivity index (χ0) is 22.5. The van der Waals surface area contributed by atoms with Crippen molar-refractivity contribution in [3.8, 4) is 5.75 Å². The van der Waals surface area contributed by atoms with E-state index in [0.29, 0.717) is 30.9 Å². The number of nitrogens with zero attached hydrogens (tertiary/aromatic N) is 1. The van der Waals surface area contributed by atoms with Crippen molar-refractivity contribution < 1.29 is 24.6 Å². The average molecular weight is 437 g/mol. The number of amides is 1. The molecule has 3 N–H and O–H groups in total. The molecule has 3 aromatic rings. The number of ether oxygens (including phenoxy) is 2. The van der Waals surface area contributed by atoms with Gasteiger partial charge in [-0.1, -0.05) is 30.3 Å². The van der Waals surface area contributed by atoms with Crippen LogP contribution in [0, 0.1) is 12.8 Å². The minimum atomic E-state index is -1.06. The lowest BCUT2D eigenvalue weighted by atomic mass is 9.89. The van der Waals surface area contributed by atoms with Gasteiger partial charge in [0.1, 0.15) is 12.4 Å². The van der Waals surface area contributed by atoms with Gasteiger partial charge in [-0.3, -0.25) is 15.0 Å². The Balaban J connectivity index is 1.45. The standard InChI is InChI=1S/C25H28N2O5/c1-16-13-18(21-6-2-3-7-23(21)26-16)15-32-19-10-8-17(9-11-19)24(28)22(25(29)27-30)14-20-5-4-12-31-20/h2-3,6-11,13,20,22,24,28,30H,4-5,12,14-15H2,1H3,(H,27,29). The third-order valence-corrected chi connectivity index (χ3v) is 5.91. The molecule has 1 fully saturated rings. The molecule has 2 aromatic carbocycles. The summed E-state index contributed by atoms with van der Waals surface area (Å²) in [5.41, 5.74) is 5.17. The van der Waals surface area contributed by atoms with Gasteiger partial charge in [-0.2, -0.15) is 0 Å². The van der Waals surface area contributed by atoms with Gasteiger partial charge in [0.25, 0.3) is 0 Å². The van der Waals surface area contributed by atoms with E-state index in [0.717, 1.165) is 35.0 Å². The van der Waals surface area contributed by atoms with Gasteiger partial charge in [0.05, 0.1) is 23.6 Å². The van der Waals surface area contributed by atoms with Crippen molar-refractivity contribution >= 4 is 16.8 Å². The summed E-state index contributed by atoms with van der Waals surface area (Å²) < 4.78 is 11.6. The molecule has 3 atom stereocenters. The highest BCUT2D eigenvalue weighted by Gasteiger charge is 2.32. The Morgan fingerprint density at radius 2 is 2.03 bits per heavy atom. The number of carbonyl (C=O) groups is 1. The number of para-hydroxylation sites is 1. The lowest BCUT2D eigenvalue weighted by molar-refractivity contribution is -0.139. The van der Waals surface area contributed by atoms with E-state index in [4.69, 9.17) is 14.7 Å². The van der Waals surface area contributed by atoms with Crippen molar-refractivity contribution in [1.29, 1.82) is 0 Å². The fraction of sp³-hybridized carbons (Fsp3) is 0.360. The summed E-state index contributed by atoms with van der Waals surface area (Å²) in [7, 11) is 0. The number of hydrogen-bond acceptors (Lipinski definition) is 6. The molecule has 0 aliphatic carbocycles. The number of carbonyl (C=O) groups excluding carboxylic acids is 1. The van der Waals surface area contributed by atoms with Crippen LogP contribution in [0.2, 0.25) is 0 Å². The van der Waals surface area contributed by atoms with Gasteiger partial charge in [0, 0.05) is 23.3 Å². The first-order valence-corrected chi connectivity index (χ1v) is 10.9. The largest absolute Gasteiger partial charge is 0.489 e. The maximum atomic E-state index is 12.2. The molecule has 7 nitrogen and oxygen atoms in total. The van der Waals surface area contributed by atoms with Crippen LogP contribution in [0.5, 0.6) is 5.75 Å². The molecule has 0 bridgehead atoms. The van der Waals surface area contributed by atoms with Crippen molar-refractivity contribution in [2.75, 3.05) is 6.61 Å². The predicted molar refractivity (Wildman–Crippen MR) is 119 cm³/mol. The summed E-state index contributed by atoms with van der Waals surface area (Å²) in [6, 6.07) is 17.0. The molecule has 0 spiro atoms. The quantitative estimate of drug-likeness (QED) is 0.366. The first-order chi connectivity index (χ1) is 15.5. The molecule has 2 heterocycles. The van der Waals surface area contributed by atoms with Gasteiger partial charge in [0.2, 0.25) is 5.91 Å². The Morgan fingerprint density at radius 1 is 1.25 bits per heavy atom. The van der Waals surface area contributed by atoms with Crippen LogP contribution >= 0.6 is 0 Å². The topological polar surface area (TPSA) is 101 Å². The van der Waals surface area contributed by atoms with Crippen LogP contribution in [0.3, 0.4) is 0 Å². The number of hydrogen-bond donors (Lipinski definition) is 3. The van der Waals surface area contributed by atoms with Crippen LogP contribution in [0.1, 0.15) is 42.2 Å². The Hall–Kier alpha value is -3.00. The molecule has 4 rings (SSSR count). The van der Waals surface area contributed by atoms with Crippen LogP contribution in [0.25, 0.3) is 10.9 Å². The SMILES string of the molecule is Cc1cc(COc2ccc(C(O)C(CC3CCCO3)C(=O)NO)cc2)c2ccccc2n1. The summed E-state index contributed by atoms with van der Waals surface area (Å²) in [6.45, 7) is 3.01. The first kappa shape index (κ1) is 22.2. The number of aromatic nitrogens is 1. The van der Waals surface area contributed by atoms with E-state index >= 15 is 0 Å². The average Bonchev–Trinajstić information content (AvgIpc) is 3.33. The monoisotopic (exact) mass is 436 g/mol. The Morgan fingerprint density at radius 3 is 2.75 bits per heavy atom. The summed E-state index contributed by atoms with van der Waals surface area (Å²) >= 11 is 0. The van der Waals surface area contributed by atoms with Gasteiger partial charge in [-0.05, 0) is 56.0 Å². The van der Waals surface area contributed by atoms with Gasteiger partial charge >= 0.3 is 0 Å². The molecule has 7 heteroatoms. The van der Waals surface area contributed by atoms with E-state index in [-0.39, 0.29) is 6.10 Å². The highest BCUT2D eigenvalue weighted by molar-refractivity contribution is 5.82. The third-order valence-electron chi connectivity index (χ3n) is 5.91. The second-order valence-electron chi connectivity index (χ2n) is 8.20. The number of pyridine rings is 1. The zero-order valence-corrected chi connectivity index (χ0v) is 18.0. The van der Waals surface area contributed by atoms with Crippen molar-refractivity contribution in [2.45, 2.75) is 45.0 Å². The Bertz CT molecular complexity index is 1060. The normalized spacial score (nSPS) is 17.8. The van der Waals surface area contributed by atoms with E-state index in [2.05, 4.69) is 4.98 Å². The molecule has 0 radical (unpaired) electrons. The maximum Gasteiger partial charge on any atom is 0.249 e. The summed E-state index contributed by atoms with van der Waals surface area (Å²) in [6.07, 6.45) is 0.977. The molecule has 168 valence electrons. The second kappa shape index (κ2) is 10.1. The molecule has 3 unspecified atom stereocenters. The number of rotatable bonds is 8. The molecule has 1 amide bonds. The van der Waals surface area contributed by atoms with E-state index in [9.17, 15) is 9.90 Å². The van der Waals surface area contributed by atoms with Crippen molar-refractivity contribution in [1.82, 2.24) is 10.5 Å². The van der Waals surface area contributed by atoms with Crippen molar-refractivity contribution in [3.05, 3.63) is 71.4 Å². The van der Waals surface area contributed by atoms with Crippen molar-refractivity contribution in [2.24, 2.45) is 5.92 Å². The van der Waals surface area contributed by atoms with Crippen LogP contribution in [0.15, 0.2) is 54.6 Å². The maximum absolute atomic E-state index is 12.2. The number of fused-ring (bicyclic) bond motifs is 1. The molecule has 1 aromatic heterocycles. The molecule has 1 saturated heterocycles. The predicted octanol–water partition coefficient (Wildman–Crippen LogP) is 3.85. The minimum absolute atomic E-state index is 0.0896. The third kappa shape index (κ3) is 5.07. The molecule has 0 saturated carbocycles. The second-order valence-corrected chi connectivity index (χ2v) is 8.20. The molecule has 32 heavy (non-hydrogen) atoms. The minimum Gasteiger partial charge on any atom is -0.489 e. The number of aryl methyl sites for hydroxylation is 1. The fourth-order valence-corrected chi connectivity index (χ4v) is 4.24. The van der Waals surface area contributed by atoms with E-state index < -0.39 is 17.9 Å². The van der Waals surface area contributed by atoms with Gasteiger partial charge in [-0.15, -0.1) is 0 Å².